The van der Waals surface area contributed by atoms with Crippen molar-refractivity contribution < 1.29 is 28.0 Å². The Labute approximate surface area is 184 Å². The number of hydrogen-bond donors (Lipinski definition) is 1. The monoisotopic (exact) mass is 441 g/mol. The molecule has 168 valence electrons. The SMILES string of the molecule is COc1ccc(CCNC(=O)C(C)OC(=O)CCc2nc(-c3ccc(F)cc3)no2)cc1. The summed E-state index contributed by atoms with van der Waals surface area (Å²) in [6.45, 7) is 1.93. The number of esters is 1. The number of aromatic nitrogens is 2. The van der Waals surface area contributed by atoms with Crippen molar-refractivity contribution in [2.75, 3.05) is 13.7 Å². The van der Waals surface area contributed by atoms with Crippen LogP contribution in [-0.4, -0.2) is 41.8 Å². The van der Waals surface area contributed by atoms with Crippen molar-refractivity contribution in [3.05, 3.63) is 65.8 Å². The molecule has 0 aliphatic rings. The zero-order valence-corrected chi connectivity index (χ0v) is 17.8. The van der Waals surface area contributed by atoms with Crippen LogP contribution < -0.4 is 10.1 Å². The number of aryl methyl sites for hydroxylation is 1. The lowest BCUT2D eigenvalue weighted by molar-refractivity contribution is -0.154. The largest absolute Gasteiger partial charge is 0.497 e. The van der Waals surface area contributed by atoms with Gasteiger partial charge in [-0.2, -0.15) is 4.98 Å². The summed E-state index contributed by atoms with van der Waals surface area (Å²) in [7, 11) is 1.60. The first-order valence-corrected chi connectivity index (χ1v) is 10.1. The van der Waals surface area contributed by atoms with E-state index < -0.39 is 12.1 Å². The summed E-state index contributed by atoms with van der Waals surface area (Å²) in [6, 6.07) is 13.2. The number of methoxy groups -OCH3 is 1. The Hall–Kier alpha value is -3.75. The quantitative estimate of drug-likeness (QED) is 0.482. The van der Waals surface area contributed by atoms with Gasteiger partial charge in [0.25, 0.3) is 5.91 Å². The predicted molar refractivity (Wildman–Crippen MR) is 113 cm³/mol. The predicted octanol–water partition coefficient (Wildman–Crippen LogP) is 3.11. The van der Waals surface area contributed by atoms with Gasteiger partial charge >= 0.3 is 5.97 Å². The molecule has 1 amide bonds. The number of carbonyl (C=O) groups excluding carboxylic acids is 2. The van der Waals surface area contributed by atoms with Gasteiger partial charge in [-0.25, -0.2) is 4.39 Å². The van der Waals surface area contributed by atoms with E-state index in [-0.39, 0.29) is 30.5 Å². The standard InChI is InChI=1S/C23H24FN3O5/c1-15(23(29)25-14-13-16-3-9-19(30-2)10-4-16)31-21(28)12-11-20-26-22(27-32-20)17-5-7-18(24)8-6-17/h3-10,15H,11-14H2,1-2H3,(H,25,29). The highest BCUT2D eigenvalue weighted by Crippen LogP contribution is 2.17. The molecule has 0 fully saturated rings. The zero-order chi connectivity index (χ0) is 22.9. The third-order valence-electron chi connectivity index (χ3n) is 4.66. The molecule has 8 nitrogen and oxygen atoms in total. The molecule has 2 aromatic carbocycles. The molecule has 3 aromatic rings. The van der Waals surface area contributed by atoms with Gasteiger partial charge < -0.3 is 19.3 Å². The maximum absolute atomic E-state index is 13.0. The highest BCUT2D eigenvalue weighted by molar-refractivity contribution is 5.83. The van der Waals surface area contributed by atoms with Crippen LogP contribution in [-0.2, 0) is 27.2 Å². The molecular weight excluding hydrogens is 417 g/mol. The van der Waals surface area contributed by atoms with Gasteiger partial charge in [0.15, 0.2) is 6.10 Å². The molecule has 0 radical (unpaired) electrons. The number of amides is 1. The van der Waals surface area contributed by atoms with Gasteiger partial charge in [0.05, 0.1) is 13.5 Å². The van der Waals surface area contributed by atoms with Crippen molar-refractivity contribution in [3.8, 4) is 17.1 Å². The molecule has 1 heterocycles. The Morgan fingerprint density at radius 2 is 1.81 bits per heavy atom. The Bertz CT molecular complexity index is 1030. The minimum atomic E-state index is -0.921. The molecule has 0 aliphatic heterocycles. The summed E-state index contributed by atoms with van der Waals surface area (Å²) >= 11 is 0. The summed E-state index contributed by atoms with van der Waals surface area (Å²) in [6.07, 6.45) is -0.132. The fourth-order valence-electron chi connectivity index (χ4n) is 2.86. The summed E-state index contributed by atoms with van der Waals surface area (Å²) in [4.78, 5) is 28.4. The molecule has 0 aliphatic carbocycles. The second kappa shape index (κ2) is 11.0. The van der Waals surface area contributed by atoms with Crippen LogP contribution in [0.2, 0.25) is 0 Å². The van der Waals surface area contributed by atoms with Crippen molar-refractivity contribution in [3.63, 3.8) is 0 Å². The number of nitrogens with one attached hydrogen (secondary N) is 1. The molecule has 0 saturated heterocycles. The highest BCUT2D eigenvalue weighted by Gasteiger charge is 2.18. The first-order valence-electron chi connectivity index (χ1n) is 10.1. The van der Waals surface area contributed by atoms with Crippen LogP contribution in [0.1, 0.15) is 24.8 Å². The number of rotatable bonds is 10. The second-order valence-corrected chi connectivity index (χ2v) is 7.04. The summed E-state index contributed by atoms with van der Waals surface area (Å²) in [5, 5.41) is 6.57. The third-order valence-corrected chi connectivity index (χ3v) is 4.66. The van der Waals surface area contributed by atoms with Crippen molar-refractivity contribution >= 4 is 11.9 Å². The van der Waals surface area contributed by atoms with Crippen LogP contribution >= 0.6 is 0 Å². The fourth-order valence-corrected chi connectivity index (χ4v) is 2.86. The van der Waals surface area contributed by atoms with Gasteiger partial charge in [0.1, 0.15) is 11.6 Å². The molecule has 1 atom stereocenters. The normalized spacial score (nSPS) is 11.6. The van der Waals surface area contributed by atoms with Crippen LogP contribution in [0.25, 0.3) is 11.4 Å². The molecular formula is C23H24FN3O5. The molecule has 1 N–H and O–H groups in total. The van der Waals surface area contributed by atoms with Gasteiger partial charge in [0.2, 0.25) is 11.7 Å². The summed E-state index contributed by atoms with van der Waals surface area (Å²) in [5.41, 5.74) is 1.65. The number of halogens is 1. The Morgan fingerprint density at radius 3 is 2.50 bits per heavy atom. The van der Waals surface area contributed by atoms with Crippen LogP contribution in [0, 0.1) is 5.82 Å². The van der Waals surface area contributed by atoms with E-state index in [9.17, 15) is 14.0 Å². The van der Waals surface area contributed by atoms with Crippen molar-refractivity contribution in [2.45, 2.75) is 32.3 Å². The molecule has 0 bridgehead atoms. The van der Waals surface area contributed by atoms with Crippen molar-refractivity contribution in [1.82, 2.24) is 15.5 Å². The van der Waals surface area contributed by atoms with E-state index in [2.05, 4.69) is 15.5 Å². The van der Waals surface area contributed by atoms with Gasteiger partial charge in [-0.15, -0.1) is 0 Å². The maximum Gasteiger partial charge on any atom is 0.307 e. The van der Waals surface area contributed by atoms with Crippen LogP contribution in [0.3, 0.4) is 0 Å². The Morgan fingerprint density at radius 1 is 1.09 bits per heavy atom. The number of carbonyl (C=O) groups is 2. The van der Waals surface area contributed by atoms with E-state index in [1.807, 2.05) is 24.3 Å². The lowest BCUT2D eigenvalue weighted by atomic mass is 10.1. The Balaban J connectivity index is 1.38. The van der Waals surface area contributed by atoms with Gasteiger partial charge in [0, 0.05) is 18.5 Å². The molecule has 3 rings (SSSR count). The molecule has 1 aromatic heterocycles. The molecule has 0 saturated carbocycles. The van der Waals surface area contributed by atoms with Crippen LogP contribution in [0.4, 0.5) is 4.39 Å². The maximum atomic E-state index is 13.0. The first kappa shape index (κ1) is 22.9. The van der Waals surface area contributed by atoms with E-state index in [0.717, 1.165) is 11.3 Å². The van der Waals surface area contributed by atoms with Crippen molar-refractivity contribution in [2.24, 2.45) is 0 Å². The molecule has 32 heavy (non-hydrogen) atoms. The fraction of sp³-hybridized carbons (Fsp3) is 0.304. The minimum Gasteiger partial charge on any atom is -0.497 e. The third kappa shape index (κ3) is 6.63. The zero-order valence-electron chi connectivity index (χ0n) is 17.8. The summed E-state index contributed by atoms with van der Waals surface area (Å²) < 4.78 is 28.4. The van der Waals surface area contributed by atoms with Gasteiger partial charge in [-0.3, -0.25) is 9.59 Å². The van der Waals surface area contributed by atoms with Crippen molar-refractivity contribution in [1.29, 1.82) is 0 Å². The first-order chi connectivity index (χ1) is 15.4. The van der Waals surface area contributed by atoms with Crippen LogP contribution in [0.5, 0.6) is 5.75 Å². The van der Waals surface area contributed by atoms with Gasteiger partial charge in [-0.1, -0.05) is 17.3 Å². The van der Waals surface area contributed by atoms with E-state index in [0.29, 0.717) is 24.4 Å². The second-order valence-electron chi connectivity index (χ2n) is 7.04. The van der Waals surface area contributed by atoms with E-state index in [1.54, 1.807) is 7.11 Å². The average Bonchev–Trinajstić information content (AvgIpc) is 3.27. The van der Waals surface area contributed by atoms with E-state index >= 15 is 0 Å². The number of ether oxygens (including phenoxy) is 2. The van der Waals surface area contributed by atoms with Crippen LogP contribution in [0.15, 0.2) is 53.1 Å². The Kier molecular flexibility index (Phi) is 7.91. The topological polar surface area (TPSA) is 104 Å². The smallest absolute Gasteiger partial charge is 0.307 e. The van der Waals surface area contributed by atoms with Gasteiger partial charge in [-0.05, 0) is 55.3 Å². The lowest BCUT2D eigenvalue weighted by Crippen LogP contribution is -2.36. The van der Waals surface area contributed by atoms with E-state index in [1.165, 1.54) is 31.2 Å². The molecule has 1 unspecified atom stereocenters. The number of hydrogen-bond acceptors (Lipinski definition) is 7. The average molecular weight is 441 g/mol. The molecule has 9 heteroatoms. The van der Waals surface area contributed by atoms with E-state index in [4.69, 9.17) is 14.0 Å². The highest BCUT2D eigenvalue weighted by atomic mass is 19.1. The lowest BCUT2D eigenvalue weighted by Gasteiger charge is -2.13. The number of benzene rings is 2. The molecule has 0 spiro atoms. The minimum absolute atomic E-state index is 0.0193. The number of nitrogens with zero attached hydrogens (tertiary/aromatic N) is 2. The summed E-state index contributed by atoms with van der Waals surface area (Å²) in [5.74, 6) is 0.0352.